The largest absolute Gasteiger partial charge is 0.351 e. The van der Waals surface area contributed by atoms with Crippen molar-refractivity contribution in [3.63, 3.8) is 0 Å². The number of nitrogens with zero attached hydrogens (tertiary/aromatic N) is 1. The summed E-state index contributed by atoms with van der Waals surface area (Å²) in [6, 6.07) is 9.29. The fraction of sp³-hybridized carbons (Fsp3) is 0.500. The van der Waals surface area contributed by atoms with Gasteiger partial charge in [0, 0.05) is 5.54 Å². The monoisotopic (exact) mass is 256 g/mol. The second kappa shape index (κ2) is 5.88. The molecule has 0 unspecified atom stereocenters. The van der Waals surface area contributed by atoms with E-state index >= 15 is 0 Å². The highest BCUT2D eigenvalue weighted by Crippen LogP contribution is 2.27. The topological polar surface area (TPSA) is 52.9 Å². The van der Waals surface area contributed by atoms with Crippen LogP contribution in [-0.4, -0.2) is 11.4 Å². The minimum absolute atomic E-state index is 0.0259. The van der Waals surface area contributed by atoms with E-state index in [9.17, 15) is 4.79 Å². The molecule has 0 spiro atoms. The molecule has 1 aromatic rings. The molecule has 19 heavy (non-hydrogen) atoms. The normalized spacial score (nSPS) is 17.5. The Morgan fingerprint density at radius 2 is 1.89 bits per heavy atom. The first-order chi connectivity index (χ1) is 9.11. The summed E-state index contributed by atoms with van der Waals surface area (Å²) in [7, 11) is 0. The summed E-state index contributed by atoms with van der Waals surface area (Å²) in [6.07, 6.45) is 6.22. The van der Waals surface area contributed by atoms with Gasteiger partial charge in [-0.1, -0.05) is 31.4 Å². The van der Waals surface area contributed by atoms with E-state index in [2.05, 4.69) is 18.3 Å². The van der Waals surface area contributed by atoms with Crippen molar-refractivity contribution in [2.45, 2.75) is 51.0 Å². The molecular formula is C16H20N2O. The number of rotatable bonds is 3. The van der Waals surface area contributed by atoms with Gasteiger partial charge in [0.15, 0.2) is 0 Å². The van der Waals surface area contributed by atoms with Gasteiger partial charge in [-0.25, -0.2) is 0 Å². The van der Waals surface area contributed by atoms with Crippen LogP contribution in [-0.2, 0) is 11.2 Å². The number of hydrogen-bond acceptors (Lipinski definition) is 2. The van der Waals surface area contributed by atoms with Crippen molar-refractivity contribution < 1.29 is 4.79 Å². The summed E-state index contributed by atoms with van der Waals surface area (Å²) in [4.78, 5) is 12.1. The van der Waals surface area contributed by atoms with Crippen LogP contribution in [0.1, 0.15) is 50.2 Å². The van der Waals surface area contributed by atoms with Gasteiger partial charge in [-0.05, 0) is 37.5 Å². The fourth-order valence-electron chi connectivity index (χ4n) is 2.72. The van der Waals surface area contributed by atoms with Gasteiger partial charge < -0.3 is 5.32 Å². The Kier molecular flexibility index (Phi) is 4.21. The van der Waals surface area contributed by atoms with Gasteiger partial charge in [0.05, 0.1) is 18.1 Å². The van der Waals surface area contributed by atoms with Crippen LogP contribution in [0.5, 0.6) is 0 Å². The molecule has 0 aliphatic heterocycles. The van der Waals surface area contributed by atoms with Crippen LogP contribution in [0, 0.1) is 11.3 Å². The number of carbonyl (C=O) groups excluding carboxylic acids is 1. The number of hydrogen-bond donors (Lipinski definition) is 1. The molecule has 1 aliphatic carbocycles. The van der Waals surface area contributed by atoms with E-state index in [1.54, 1.807) is 12.1 Å². The molecule has 0 bridgehead atoms. The molecule has 2 rings (SSSR count). The van der Waals surface area contributed by atoms with Crippen molar-refractivity contribution in [1.29, 1.82) is 5.26 Å². The van der Waals surface area contributed by atoms with Crippen LogP contribution in [0.2, 0.25) is 0 Å². The Balaban J connectivity index is 1.91. The van der Waals surface area contributed by atoms with E-state index in [0.717, 1.165) is 18.4 Å². The standard InChI is InChI=1S/C16H20N2O/c1-16(9-3-2-4-10-16)18-15(19)11-13-5-7-14(12-17)8-6-13/h5-8H,2-4,9-11H2,1H3,(H,18,19). The van der Waals surface area contributed by atoms with Gasteiger partial charge in [-0.3, -0.25) is 4.79 Å². The van der Waals surface area contributed by atoms with Gasteiger partial charge in [-0.15, -0.1) is 0 Å². The second-order valence-corrected chi connectivity index (χ2v) is 5.66. The molecule has 0 saturated heterocycles. The minimum Gasteiger partial charge on any atom is -0.351 e. The lowest BCUT2D eigenvalue weighted by Gasteiger charge is -2.34. The lowest BCUT2D eigenvalue weighted by Crippen LogP contribution is -2.47. The summed E-state index contributed by atoms with van der Waals surface area (Å²) in [5.74, 6) is 0.0779. The minimum atomic E-state index is -0.0259. The van der Waals surface area contributed by atoms with E-state index in [4.69, 9.17) is 5.26 Å². The molecule has 1 fully saturated rings. The predicted octanol–water partition coefficient (Wildman–Crippen LogP) is 2.94. The third-order valence-corrected chi connectivity index (χ3v) is 3.85. The van der Waals surface area contributed by atoms with Crippen molar-refractivity contribution in [3.8, 4) is 6.07 Å². The van der Waals surface area contributed by atoms with E-state index in [1.807, 2.05) is 12.1 Å². The number of amides is 1. The Hall–Kier alpha value is -1.82. The molecule has 1 amide bonds. The Labute approximate surface area is 114 Å². The van der Waals surface area contributed by atoms with Gasteiger partial charge in [0.2, 0.25) is 5.91 Å². The third kappa shape index (κ3) is 3.82. The van der Waals surface area contributed by atoms with E-state index in [-0.39, 0.29) is 11.4 Å². The van der Waals surface area contributed by atoms with Gasteiger partial charge in [0.1, 0.15) is 0 Å². The van der Waals surface area contributed by atoms with Gasteiger partial charge >= 0.3 is 0 Å². The molecule has 1 N–H and O–H groups in total. The maximum atomic E-state index is 12.1. The molecule has 0 heterocycles. The summed E-state index contributed by atoms with van der Waals surface area (Å²) < 4.78 is 0. The van der Waals surface area contributed by atoms with Crippen molar-refractivity contribution in [1.82, 2.24) is 5.32 Å². The van der Waals surface area contributed by atoms with Crippen molar-refractivity contribution >= 4 is 5.91 Å². The van der Waals surface area contributed by atoms with Gasteiger partial charge in [0.25, 0.3) is 0 Å². The van der Waals surface area contributed by atoms with Crippen LogP contribution in [0.3, 0.4) is 0 Å². The lowest BCUT2D eigenvalue weighted by molar-refractivity contribution is -0.122. The second-order valence-electron chi connectivity index (χ2n) is 5.66. The number of nitriles is 1. The Morgan fingerprint density at radius 3 is 2.47 bits per heavy atom. The zero-order chi connectivity index (χ0) is 13.7. The molecular weight excluding hydrogens is 236 g/mol. The number of nitrogens with one attached hydrogen (secondary N) is 1. The van der Waals surface area contributed by atoms with Gasteiger partial charge in [-0.2, -0.15) is 5.26 Å². The highest BCUT2D eigenvalue weighted by molar-refractivity contribution is 5.79. The maximum Gasteiger partial charge on any atom is 0.224 e. The van der Waals surface area contributed by atoms with Crippen molar-refractivity contribution in [3.05, 3.63) is 35.4 Å². The Morgan fingerprint density at radius 1 is 1.26 bits per heavy atom. The van der Waals surface area contributed by atoms with Crippen LogP contribution in [0.15, 0.2) is 24.3 Å². The van der Waals surface area contributed by atoms with Crippen LogP contribution in [0.25, 0.3) is 0 Å². The smallest absolute Gasteiger partial charge is 0.224 e. The highest BCUT2D eigenvalue weighted by atomic mass is 16.1. The lowest BCUT2D eigenvalue weighted by atomic mass is 9.83. The van der Waals surface area contributed by atoms with Crippen molar-refractivity contribution in [2.24, 2.45) is 0 Å². The SMILES string of the molecule is CC1(NC(=O)Cc2ccc(C#N)cc2)CCCCC1. The zero-order valence-corrected chi connectivity index (χ0v) is 11.4. The summed E-state index contributed by atoms with van der Waals surface area (Å²) in [5.41, 5.74) is 1.56. The summed E-state index contributed by atoms with van der Waals surface area (Å²) in [6.45, 7) is 2.14. The van der Waals surface area contributed by atoms with E-state index in [1.165, 1.54) is 19.3 Å². The molecule has 0 aromatic heterocycles. The maximum absolute atomic E-state index is 12.1. The first kappa shape index (κ1) is 13.6. The van der Waals surface area contributed by atoms with E-state index < -0.39 is 0 Å². The molecule has 1 aliphatic rings. The van der Waals surface area contributed by atoms with Crippen LogP contribution < -0.4 is 5.32 Å². The predicted molar refractivity (Wildman–Crippen MR) is 74.5 cm³/mol. The highest BCUT2D eigenvalue weighted by Gasteiger charge is 2.28. The molecule has 1 aromatic carbocycles. The average molecular weight is 256 g/mol. The van der Waals surface area contributed by atoms with Crippen LogP contribution >= 0.6 is 0 Å². The quantitative estimate of drug-likeness (QED) is 0.904. The first-order valence-corrected chi connectivity index (χ1v) is 6.91. The molecule has 3 nitrogen and oxygen atoms in total. The summed E-state index contributed by atoms with van der Waals surface area (Å²) in [5, 5.41) is 11.9. The first-order valence-electron chi connectivity index (χ1n) is 6.91. The average Bonchev–Trinajstić information content (AvgIpc) is 2.39. The van der Waals surface area contributed by atoms with Crippen molar-refractivity contribution in [2.75, 3.05) is 0 Å². The molecule has 0 atom stereocenters. The third-order valence-electron chi connectivity index (χ3n) is 3.85. The Bertz CT molecular complexity index is 478. The molecule has 1 saturated carbocycles. The number of benzene rings is 1. The fourth-order valence-corrected chi connectivity index (χ4v) is 2.72. The number of carbonyl (C=O) groups is 1. The molecule has 100 valence electrons. The molecule has 0 radical (unpaired) electrons. The molecule has 3 heteroatoms. The van der Waals surface area contributed by atoms with Crippen LogP contribution in [0.4, 0.5) is 0 Å². The van der Waals surface area contributed by atoms with E-state index in [0.29, 0.717) is 12.0 Å². The zero-order valence-electron chi connectivity index (χ0n) is 11.4. The summed E-state index contributed by atoms with van der Waals surface area (Å²) >= 11 is 0.